The van der Waals surface area contributed by atoms with Gasteiger partial charge in [0, 0.05) is 12.0 Å². The van der Waals surface area contributed by atoms with Crippen molar-refractivity contribution in [2.24, 2.45) is 10.7 Å². The third-order valence-electron chi connectivity index (χ3n) is 2.55. The molecule has 0 fully saturated rings. The summed E-state index contributed by atoms with van der Waals surface area (Å²) in [5.41, 5.74) is 7.05. The number of aliphatic imine (C=N–C) groups is 1. The topological polar surface area (TPSA) is 38.4 Å². The fourth-order valence-corrected chi connectivity index (χ4v) is 1.79. The van der Waals surface area contributed by atoms with E-state index in [0.29, 0.717) is 17.1 Å². The Morgan fingerprint density at radius 3 is 2.67 bits per heavy atom. The molecule has 1 aliphatic heterocycles. The van der Waals surface area contributed by atoms with Gasteiger partial charge in [-0.15, -0.1) is 0 Å². The van der Waals surface area contributed by atoms with Gasteiger partial charge in [-0.05, 0) is 17.5 Å². The first-order valence-electron chi connectivity index (χ1n) is 4.84. The molecule has 1 aromatic rings. The Kier molecular flexibility index (Phi) is 2.21. The molecule has 80 valence electrons. The zero-order valence-corrected chi connectivity index (χ0v) is 8.64. The summed E-state index contributed by atoms with van der Waals surface area (Å²) in [5.74, 6) is -1.19. The first-order valence-corrected chi connectivity index (χ1v) is 4.84. The highest BCUT2D eigenvalue weighted by atomic mass is 19.2. The Balaban J connectivity index is 2.68. The molecule has 0 unspecified atom stereocenters. The van der Waals surface area contributed by atoms with Crippen molar-refractivity contribution >= 4 is 11.5 Å². The second-order valence-electron chi connectivity index (χ2n) is 4.02. The maximum Gasteiger partial charge on any atom is 0.164 e. The van der Waals surface area contributed by atoms with E-state index >= 15 is 0 Å². The number of hydrogen-bond donors (Lipinski definition) is 1. The number of benzene rings is 1. The fourth-order valence-electron chi connectivity index (χ4n) is 1.79. The molecule has 1 heterocycles. The smallest absolute Gasteiger partial charge is 0.164 e. The van der Waals surface area contributed by atoms with Crippen molar-refractivity contribution in [3.63, 3.8) is 0 Å². The lowest BCUT2D eigenvalue weighted by Gasteiger charge is -2.11. The van der Waals surface area contributed by atoms with Crippen LogP contribution in [0.1, 0.15) is 30.9 Å². The monoisotopic (exact) mass is 210 g/mol. The third-order valence-corrected chi connectivity index (χ3v) is 2.55. The van der Waals surface area contributed by atoms with Crippen molar-refractivity contribution in [1.82, 2.24) is 0 Å². The van der Waals surface area contributed by atoms with Crippen molar-refractivity contribution in [3.8, 4) is 0 Å². The van der Waals surface area contributed by atoms with Crippen LogP contribution < -0.4 is 5.73 Å². The molecule has 0 bridgehead atoms. The highest BCUT2D eigenvalue weighted by molar-refractivity contribution is 5.91. The third kappa shape index (κ3) is 1.50. The lowest BCUT2D eigenvalue weighted by molar-refractivity contribution is 0.500. The molecule has 0 amide bonds. The molecule has 0 saturated heterocycles. The maximum absolute atomic E-state index is 13.4. The Labute approximate surface area is 86.8 Å². The average molecular weight is 210 g/mol. The van der Waals surface area contributed by atoms with Crippen LogP contribution in [0.25, 0.3) is 0 Å². The van der Waals surface area contributed by atoms with E-state index in [0.717, 1.165) is 0 Å². The zero-order valence-electron chi connectivity index (χ0n) is 8.64. The van der Waals surface area contributed by atoms with Gasteiger partial charge in [-0.2, -0.15) is 0 Å². The van der Waals surface area contributed by atoms with Crippen molar-refractivity contribution in [2.75, 3.05) is 0 Å². The van der Waals surface area contributed by atoms with E-state index in [-0.39, 0.29) is 17.9 Å². The van der Waals surface area contributed by atoms with Crippen LogP contribution in [0.5, 0.6) is 0 Å². The van der Waals surface area contributed by atoms with Crippen LogP contribution in [0.2, 0.25) is 0 Å². The molecule has 0 saturated carbocycles. The summed E-state index contributed by atoms with van der Waals surface area (Å²) in [6.45, 7) is 3.83. The minimum atomic E-state index is -0.821. The lowest BCUT2D eigenvalue weighted by Crippen LogP contribution is -2.10. The number of fused-ring (bicyclic) bond motifs is 1. The molecular formula is C11H12F2N2. The molecule has 4 heteroatoms. The summed E-state index contributed by atoms with van der Waals surface area (Å²) in [4.78, 5) is 4.06. The SMILES string of the molecule is CC(C)c1cc(F)c(F)c2c1N=C(N)C2. The molecule has 0 spiro atoms. The highest BCUT2D eigenvalue weighted by Gasteiger charge is 2.24. The number of halogens is 2. The van der Waals surface area contributed by atoms with Gasteiger partial charge in [-0.3, -0.25) is 0 Å². The average Bonchev–Trinajstić information content (AvgIpc) is 2.53. The van der Waals surface area contributed by atoms with Gasteiger partial charge in [-0.25, -0.2) is 13.8 Å². The Hall–Kier alpha value is -1.45. The van der Waals surface area contributed by atoms with Crippen LogP contribution in [0.3, 0.4) is 0 Å². The van der Waals surface area contributed by atoms with Crippen molar-refractivity contribution in [3.05, 3.63) is 28.8 Å². The van der Waals surface area contributed by atoms with Crippen LogP contribution in [-0.2, 0) is 6.42 Å². The molecule has 1 aromatic carbocycles. The fraction of sp³-hybridized carbons (Fsp3) is 0.364. The Morgan fingerprint density at radius 2 is 2.07 bits per heavy atom. The quantitative estimate of drug-likeness (QED) is 0.760. The van der Waals surface area contributed by atoms with E-state index in [1.165, 1.54) is 6.07 Å². The predicted octanol–water partition coefficient (Wildman–Crippen LogP) is 2.63. The number of nitrogens with zero attached hydrogens (tertiary/aromatic N) is 1. The van der Waals surface area contributed by atoms with Crippen LogP contribution in [0, 0.1) is 11.6 Å². The molecule has 1 aliphatic rings. The molecule has 0 aliphatic carbocycles. The highest BCUT2D eigenvalue weighted by Crippen LogP contribution is 2.37. The minimum absolute atomic E-state index is 0.100. The van der Waals surface area contributed by atoms with Gasteiger partial charge in [0.15, 0.2) is 11.6 Å². The van der Waals surface area contributed by atoms with Gasteiger partial charge >= 0.3 is 0 Å². The van der Waals surface area contributed by atoms with Gasteiger partial charge < -0.3 is 5.73 Å². The van der Waals surface area contributed by atoms with E-state index < -0.39 is 11.6 Å². The number of hydrogen-bond acceptors (Lipinski definition) is 2. The molecular weight excluding hydrogens is 198 g/mol. The van der Waals surface area contributed by atoms with Crippen molar-refractivity contribution in [2.45, 2.75) is 26.2 Å². The summed E-state index contributed by atoms with van der Waals surface area (Å²) in [6, 6.07) is 1.21. The minimum Gasteiger partial charge on any atom is -0.387 e. The van der Waals surface area contributed by atoms with Gasteiger partial charge in [0.05, 0.1) is 5.69 Å². The van der Waals surface area contributed by atoms with E-state index in [9.17, 15) is 8.78 Å². The predicted molar refractivity (Wildman–Crippen MR) is 55.4 cm³/mol. The zero-order chi connectivity index (χ0) is 11.2. The first-order chi connectivity index (χ1) is 7.00. The van der Waals surface area contributed by atoms with Gasteiger partial charge in [-0.1, -0.05) is 13.8 Å². The van der Waals surface area contributed by atoms with Crippen LogP contribution >= 0.6 is 0 Å². The summed E-state index contributed by atoms with van der Waals surface area (Å²) in [5, 5.41) is 0. The van der Waals surface area contributed by atoms with Crippen LogP contribution in [0.4, 0.5) is 14.5 Å². The Bertz CT molecular complexity index is 450. The lowest BCUT2D eigenvalue weighted by atomic mass is 9.97. The number of rotatable bonds is 1. The van der Waals surface area contributed by atoms with Gasteiger partial charge in [0.1, 0.15) is 5.84 Å². The first kappa shape index (κ1) is 10.1. The summed E-state index contributed by atoms with van der Waals surface area (Å²) >= 11 is 0. The molecule has 2 N–H and O–H groups in total. The number of nitrogens with two attached hydrogens (primary N) is 1. The van der Waals surface area contributed by atoms with Crippen LogP contribution in [-0.4, -0.2) is 5.84 Å². The summed E-state index contributed by atoms with van der Waals surface area (Å²) in [6.07, 6.45) is 0.207. The second kappa shape index (κ2) is 3.29. The standard InChI is InChI=1S/C11H12F2N2/c1-5(2)6-3-8(12)10(13)7-4-9(14)15-11(6)7/h3,5H,4H2,1-2H3,(H2,14,15). The van der Waals surface area contributed by atoms with E-state index in [2.05, 4.69) is 4.99 Å². The Morgan fingerprint density at radius 1 is 1.40 bits per heavy atom. The summed E-state index contributed by atoms with van der Waals surface area (Å²) < 4.78 is 26.7. The molecule has 0 radical (unpaired) electrons. The second-order valence-corrected chi connectivity index (χ2v) is 4.02. The molecule has 15 heavy (non-hydrogen) atoms. The van der Waals surface area contributed by atoms with Crippen LogP contribution in [0.15, 0.2) is 11.1 Å². The molecule has 2 rings (SSSR count). The van der Waals surface area contributed by atoms with E-state index in [1.54, 1.807) is 0 Å². The van der Waals surface area contributed by atoms with E-state index in [4.69, 9.17) is 5.73 Å². The molecule has 0 aromatic heterocycles. The van der Waals surface area contributed by atoms with Crippen molar-refractivity contribution in [1.29, 1.82) is 0 Å². The molecule has 2 nitrogen and oxygen atoms in total. The van der Waals surface area contributed by atoms with E-state index in [1.807, 2.05) is 13.8 Å². The molecule has 0 atom stereocenters. The van der Waals surface area contributed by atoms with Gasteiger partial charge in [0.2, 0.25) is 0 Å². The van der Waals surface area contributed by atoms with Gasteiger partial charge in [0.25, 0.3) is 0 Å². The maximum atomic E-state index is 13.4. The normalized spacial score (nSPS) is 14.3. The largest absolute Gasteiger partial charge is 0.387 e. The number of amidine groups is 1. The summed E-state index contributed by atoms with van der Waals surface area (Å²) in [7, 11) is 0. The van der Waals surface area contributed by atoms with Crippen molar-refractivity contribution < 1.29 is 8.78 Å².